The van der Waals surface area contributed by atoms with E-state index in [4.69, 9.17) is 9.40 Å². The van der Waals surface area contributed by atoms with Gasteiger partial charge in [0.1, 0.15) is 11.6 Å². The highest BCUT2D eigenvalue weighted by atomic mass is 19.1. The highest BCUT2D eigenvalue weighted by Gasteiger charge is 2.40. The number of ketones is 1. The number of anilines is 1. The molecular weight excluding hydrogens is 381 g/mol. The van der Waals surface area contributed by atoms with Crippen molar-refractivity contribution in [1.82, 2.24) is 9.55 Å². The molecule has 0 spiro atoms. The molecule has 0 radical (unpaired) electrons. The normalized spacial score (nSPS) is 20.8. The molecule has 6 rings (SSSR count). The Bertz CT molecular complexity index is 1300. The molecule has 2 atom stereocenters. The van der Waals surface area contributed by atoms with Gasteiger partial charge in [-0.1, -0.05) is 24.3 Å². The summed E-state index contributed by atoms with van der Waals surface area (Å²) >= 11 is 0. The van der Waals surface area contributed by atoms with Crippen LogP contribution < -0.4 is 5.32 Å². The summed E-state index contributed by atoms with van der Waals surface area (Å²) in [6.45, 7) is 0. The van der Waals surface area contributed by atoms with Crippen LogP contribution in [0.5, 0.6) is 0 Å². The van der Waals surface area contributed by atoms with Gasteiger partial charge in [0.05, 0.1) is 23.3 Å². The SMILES string of the molecule is O=C1C[C@H](c2ccco2)CC2=C1[C@@H](c1ccc(F)cc1)n1c(nc3ccccc31)N2. The average molecular weight is 399 g/mol. The molecule has 1 N–H and O–H groups in total. The van der Waals surface area contributed by atoms with E-state index in [1.54, 1.807) is 18.4 Å². The van der Waals surface area contributed by atoms with Gasteiger partial charge in [-0.25, -0.2) is 9.37 Å². The van der Waals surface area contributed by atoms with Crippen LogP contribution >= 0.6 is 0 Å². The first-order valence-corrected chi connectivity index (χ1v) is 9.98. The number of benzene rings is 2. The number of Topliss-reactive ketones (excluding diaryl/α,β-unsaturated/α-hetero) is 1. The smallest absolute Gasteiger partial charge is 0.209 e. The number of allylic oxidation sites excluding steroid dienone is 2. The number of halogens is 1. The van der Waals surface area contributed by atoms with Crippen LogP contribution in [0.25, 0.3) is 11.0 Å². The number of carbonyl (C=O) groups is 1. The standard InChI is InChI=1S/C24H18FN3O2/c25-16-9-7-14(8-10-16)23-22-18(12-15(13-20(22)29)21-6-3-11-30-21)27-24-26-17-4-1-2-5-19(17)28(23)24/h1-11,15,23H,12-13H2,(H,26,27)/t15-,23-/m1/s1. The summed E-state index contributed by atoms with van der Waals surface area (Å²) in [6, 6.07) is 17.6. The van der Waals surface area contributed by atoms with E-state index < -0.39 is 0 Å². The lowest BCUT2D eigenvalue weighted by molar-refractivity contribution is -0.116. The van der Waals surface area contributed by atoms with Crippen LogP contribution in [0.4, 0.5) is 10.3 Å². The van der Waals surface area contributed by atoms with Crippen LogP contribution in [0, 0.1) is 5.82 Å². The second-order valence-corrected chi connectivity index (χ2v) is 7.81. The number of imidazole rings is 1. The summed E-state index contributed by atoms with van der Waals surface area (Å²) in [5.74, 6) is 1.27. The molecule has 2 aromatic heterocycles. The van der Waals surface area contributed by atoms with Crippen LogP contribution in [0.2, 0.25) is 0 Å². The second kappa shape index (κ2) is 6.42. The number of fused-ring (bicyclic) bond motifs is 3. The molecule has 6 heteroatoms. The molecule has 2 aromatic carbocycles. The van der Waals surface area contributed by atoms with Gasteiger partial charge < -0.3 is 9.73 Å². The molecule has 0 unspecified atom stereocenters. The van der Waals surface area contributed by atoms with Crippen LogP contribution in [-0.4, -0.2) is 15.3 Å². The molecule has 5 nitrogen and oxygen atoms in total. The van der Waals surface area contributed by atoms with E-state index in [-0.39, 0.29) is 23.6 Å². The lowest BCUT2D eigenvalue weighted by Crippen LogP contribution is -2.33. The Morgan fingerprint density at radius 1 is 1.03 bits per heavy atom. The predicted octanol–water partition coefficient (Wildman–Crippen LogP) is 5.18. The summed E-state index contributed by atoms with van der Waals surface area (Å²) in [5, 5.41) is 3.42. The van der Waals surface area contributed by atoms with Crippen molar-refractivity contribution in [3.8, 4) is 0 Å². The molecule has 4 aromatic rings. The lowest BCUT2D eigenvalue weighted by atomic mass is 9.79. The number of aromatic nitrogens is 2. The number of hydrogen-bond acceptors (Lipinski definition) is 4. The topological polar surface area (TPSA) is 60.1 Å². The largest absolute Gasteiger partial charge is 0.469 e. The summed E-state index contributed by atoms with van der Waals surface area (Å²) in [5.41, 5.74) is 4.23. The number of furan rings is 1. The van der Waals surface area contributed by atoms with E-state index in [9.17, 15) is 9.18 Å². The van der Waals surface area contributed by atoms with Gasteiger partial charge >= 0.3 is 0 Å². The van der Waals surface area contributed by atoms with Crippen molar-refractivity contribution in [3.63, 3.8) is 0 Å². The van der Waals surface area contributed by atoms with Crippen molar-refractivity contribution in [3.05, 3.63) is 95.3 Å². The first kappa shape index (κ1) is 17.2. The summed E-state index contributed by atoms with van der Waals surface area (Å²) in [4.78, 5) is 18.2. The Morgan fingerprint density at radius 3 is 2.67 bits per heavy atom. The van der Waals surface area contributed by atoms with E-state index in [0.29, 0.717) is 18.8 Å². The van der Waals surface area contributed by atoms with Gasteiger partial charge in [0.25, 0.3) is 0 Å². The van der Waals surface area contributed by atoms with Crippen LogP contribution in [0.15, 0.2) is 82.6 Å². The highest BCUT2D eigenvalue weighted by molar-refractivity contribution is 6.01. The third-order valence-electron chi connectivity index (χ3n) is 6.03. The fourth-order valence-electron chi connectivity index (χ4n) is 4.71. The van der Waals surface area contributed by atoms with E-state index in [0.717, 1.165) is 33.6 Å². The van der Waals surface area contributed by atoms with Crippen molar-refractivity contribution in [2.24, 2.45) is 0 Å². The number of para-hydroxylation sites is 2. The molecular formula is C24H18FN3O2. The Labute approximate surface area is 171 Å². The van der Waals surface area contributed by atoms with Gasteiger partial charge in [0.15, 0.2) is 5.78 Å². The zero-order valence-corrected chi connectivity index (χ0v) is 16.0. The van der Waals surface area contributed by atoms with Crippen LogP contribution in [0.3, 0.4) is 0 Å². The molecule has 0 saturated heterocycles. The molecule has 1 aliphatic carbocycles. The third-order valence-corrected chi connectivity index (χ3v) is 6.03. The van der Waals surface area contributed by atoms with Crippen molar-refractivity contribution < 1.29 is 13.6 Å². The molecule has 3 heterocycles. The van der Waals surface area contributed by atoms with Gasteiger partial charge in [-0.05, 0) is 48.4 Å². The fourth-order valence-corrected chi connectivity index (χ4v) is 4.71. The maximum Gasteiger partial charge on any atom is 0.209 e. The minimum atomic E-state index is -0.352. The summed E-state index contributed by atoms with van der Waals surface area (Å²) in [7, 11) is 0. The fraction of sp³-hybridized carbons (Fsp3) is 0.167. The Hall–Kier alpha value is -3.67. The first-order chi connectivity index (χ1) is 14.7. The van der Waals surface area contributed by atoms with E-state index in [1.165, 1.54) is 12.1 Å². The lowest BCUT2D eigenvalue weighted by Gasteiger charge is -2.35. The molecule has 30 heavy (non-hydrogen) atoms. The highest BCUT2D eigenvalue weighted by Crippen LogP contribution is 2.45. The van der Waals surface area contributed by atoms with Gasteiger partial charge in [0, 0.05) is 23.6 Å². The number of nitrogens with one attached hydrogen (secondary N) is 1. The van der Waals surface area contributed by atoms with Crippen LogP contribution in [0.1, 0.15) is 36.1 Å². The van der Waals surface area contributed by atoms with E-state index >= 15 is 0 Å². The quantitative estimate of drug-likeness (QED) is 0.504. The second-order valence-electron chi connectivity index (χ2n) is 7.81. The molecule has 0 amide bonds. The van der Waals surface area contributed by atoms with Gasteiger partial charge in [-0.15, -0.1) is 0 Å². The molecule has 0 saturated carbocycles. The Kier molecular flexibility index (Phi) is 3.68. The minimum absolute atomic E-state index is 0.0106. The Balaban J connectivity index is 1.55. The van der Waals surface area contributed by atoms with Crippen LogP contribution in [-0.2, 0) is 4.79 Å². The van der Waals surface area contributed by atoms with Crippen molar-refractivity contribution >= 4 is 22.8 Å². The molecule has 2 aliphatic rings. The monoisotopic (exact) mass is 399 g/mol. The summed E-state index contributed by atoms with van der Waals surface area (Å²) < 4.78 is 21.3. The Morgan fingerprint density at radius 2 is 1.87 bits per heavy atom. The van der Waals surface area contributed by atoms with Gasteiger partial charge in [-0.2, -0.15) is 0 Å². The minimum Gasteiger partial charge on any atom is -0.469 e. The van der Waals surface area contributed by atoms with E-state index in [2.05, 4.69) is 5.32 Å². The van der Waals surface area contributed by atoms with Crippen molar-refractivity contribution in [2.45, 2.75) is 24.8 Å². The average Bonchev–Trinajstić information content (AvgIpc) is 3.41. The molecule has 0 bridgehead atoms. The molecule has 1 aliphatic heterocycles. The predicted molar refractivity (Wildman–Crippen MR) is 111 cm³/mol. The summed E-state index contributed by atoms with van der Waals surface area (Å²) in [6.07, 6.45) is 2.68. The maximum atomic E-state index is 13.6. The molecule has 0 fully saturated rings. The van der Waals surface area contributed by atoms with Crippen molar-refractivity contribution in [1.29, 1.82) is 0 Å². The van der Waals surface area contributed by atoms with E-state index in [1.807, 2.05) is 41.0 Å². The first-order valence-electron chi connectivity index (χ1n) is 9.98. The third kappa shape index (κ3) is 2.53. The number of carbonyl (C=O) groups excluding carboxylic acids is 1. The van der Waals surface area contributed by atoms with Crippen molar-refractivity contribution in [2.75, 3.05) is 5.32 Å². The van der Waals surface area contributed by atoms with Gasteiger partial charge in [-0.3, -0.25) is 9.36 Å². The zero-order chi connectivity index (χ0) is 20.2. The number of hydrogen-bond donors (Lipinski definition) is 1. The van der Waals surface area contributed by atoms with Gasteiger partial charge in [0.2, 0.25) is 5.95 Å². The molecule has 148 valence electrons. The maximum absolute atomic E-state index is 13.6. The zero-order valence-electron chi connectivity index (χ0n) is 16.0. The number of rotatable bonds is 2. The number of nitrogens with zero attached hydrogens (tertiary/aromatic N) is 2.